The summed E-state index contributed by atoms with van der Waals surface area (Å²) >= 11 is 0. The normalized spacial score (nSPS) is 10.6. The molecular weight excluding hydrogens is 226 g/mol. The van der Waals surface area contributed by atoms with E-state index in [1.165, 1.54) is 11.3 Å². The summed E-state index contributed by atoms with van der Waals surface area (Å²) in [5, 5.41) is 7.91. The maximum atomic E-state index is 5.26. The predicted octanol–water partition coefficient (Wildman–Crippen LogP) is 1.65. The van der Waals surface area contributed by atoms with Crippen molar-refractivity contribution in [3.05, 3.63) is 17.0 Å². The van der Waals surface area contributed by atoms with E-state index in [1.54, 1.807) is 7.11 Å². The first-order valence-electron chi connectivity index (χ1n) is 6.36. The van der Waals surface area contributed by atoms with Gasteiger partial charge in [-0.1, -0.05) is 0 Å². The van der Waals surface area contributed by atoms with Crippen LogP contribution >= 0.6 is 0 Å². The van der Waals surface area contributed by atoms with E-state index in [-0.39, 0.29) is 0 Å². The highest BCUT2D eigenvalue weighted by molar-refractivity contribution is 5.24. The SMILES string of the molecule is C#CCCCn1nc(C)c(CNCCOC)c1C. The van der Waals surface area contributed by atoms with Gasteiger partial charge in [0.05, 0.1) is 12.3 Å². The van der Waals surface area contributed by atoms with Gasteiger partial charge < -0.3 is 10.1 Å². The maximum Gasteiger partial charge on any atom is 0.0641 e. The molecule has 0 bridgehead atoms. The molecule has 1 aromatic heterocycles. The van der Waals surface area contributed by atoms with Crippen LogP contribution in [-0.2, 0) is 17.8 Å². The molecule has 1 aromatic rings. The van der Waals surface area contributed by atoms with Crippen molar-refractivity contribution in [1.29, 1.82) is 0 Å². The molecule has 100 valence electrons. The van der Waals surface area contributed by atoms with Crippen molar-refractivity contribution < 1.29 is 4.74 Å². The Labute approximate surface area is 110 Å². The van der Waals surface area contributed by atoms with Crippen LogP contribution in [0, 0.1) is 26.2 Å². The second-order valence-corrected chi connectivity index (χ2v) is 4.35. The van der Waals surface area contributed by atoms with Crippen molar-refractivity contribution in [3.8, 4) is 12.3 Å². The molecule has 0 saturated heterocycles. The number of nitrogens with one attached hydrogen (secondary N) is 1. The minimum atomic E-state index is 0.731. The van der Waals surface area contributed by atoms with Gasteiger partial charge in [-0.3, -0.25) is 4.68 Å². The van der Waals surface area contributed by atoms with E-state index in [0.29, 0.717) is 0 Å². The van der Waals surface area contributed by atoms with Crippen LogP contribution in [0.1, 0.15) is 29.8 Å². The van der Waals surface area contributed by atoms with Crippen LogP contribution in [0.25, 0.3) is 0 Å². The summed E-state index contributed by atoms with van der Waals surface area (Å²) < 4.78 is 7.06. The monoisotopic (exact) mass is 249 g/mol. The summed E-state index contributed by atoms with van der Waals surface area (Å²) in [5.74, 6) is 2.66. The molecule has 18 heavy (non-hydrogen) atoms. The standard InChI is InChI=1S/C14H23N3O/c1-5-6-7-9-17-13(3)14(12(2)16-17)11-15-8-10-18-4/h1,15H,6-11H2,2-4H3. The Kier molecular flexibility index (Phi) is 6.48. The van der Waals surface area contributed by atoms with Crippen molar-refractivity contribution in [2.75, 3.05) is 20.3 Å². The van der Waals surface area contributed by atoms with Gasteiger partial charge in [-0.05, 0) is 20.3 Å². The zero-order valence-electron chi connectivity index (χ0n) is 11.6. The Morgan fingerprint density at radius 1 is 1.44 bits per heavy atom. The van der Waals surface area contributed by atoms with Gasteiger partial charge in [-0.25, -0.2) is 0 Å². The molecule has 4 heteroatoms. The van der Waals surface area contributed by atoms with E-state index >= 15 is 0 Å². The van der Waals surface area contributed by atoms with Crippen LogP contribution in [0.4, 0.5) is 0 Å². The first-order chi connectivity index (χ1) is 8.70. The van der Waals surface area contributed by atoms with Gasteiger partial charge in [0, 0.05) is 44.4 Å². The summed E-state index contributed by atoms with van der Waals surface area (Å²) in [6.07, 6.45) is 7.04. The fraction of sp³-hybridized carbons (Fsp3) is 0.643. The lowest BCUT2D eigenvalue weighted by molar-refractivity contribution is 0.199. The lowest BCUT2D eigenvalue weighted by Crippen LogP contribution is -2.19. The number of unbranched alkanes of at least 4 members (excludes halogenated alkanes) is 1. The molecule has 1 N–H and O–H groups in total. The molecule has 0 unspecified atom stereocenters. The highest BCUT2D eigenvalue weighted by atomic mass is 16.5. The molecule has 0 amide bonds. The lowest BCUT2D eigenvalue weighted by Gasteiger charge is -2.06. The maximum absolute atomic E-state index is 5.26. The van der Waals surface area contributed by atoms with E-state index in [0.717, 1.165) is 44.8 Å². The van der Waals surface area contributed by atoms with Gasteiger partial charge in [0.2, 0.25) is 0 Å². The molecule has 0 fully saturated rings. The van der Waals surface area contributed by atoms with E-state index in [4.69, 9.17) is 11.2 Å². The van der Waals surface area contributed by atoms with Crippen LogP contribution in [0.15, 0.2) is 0 Å². The van der Waals surface area contributed by atoms with Crippen LogP contribution in [0.5, 0.6) is 0 Å². The number of terminal acetylenes is 1. The van der Waals surface area contributed by atoms with Crippen molar-refractivity contribution in [1.82, 2.24) is 15.1 Å². The van der Waals surface area contributed by atoms with Crippen LogP contribution in [0.2, 0.25) is 0 Å². The molecule has 1 rings (SSSR count). The van der Waals surface area contributed by atoms with Gasteiger partial charge in [0.15, 0.2) is 0 Å². The molecule has 0 saturated carbocycles. The minimum Gasteiger partial charge on any atom is -0.383 e. The quantitative estimate of drug-likeness (QED) is 0.562. The summed E-state index contributed by atoms with van der Waals surface area (Å²) in [6.45, 7) is 7.50. The Morgan fingerprint density at radius 2 is 2.22 bits per heavy atom. The molecule has 0 radical (unpaired) electrons. The summed E-state index contributed by atoms with van der Waals surface area (Å²) in [7, 11) is 1.71. The summed E-state index contributed by atoms with van der Waals surface area (Å²) in [4.78, 5) is 0. The Morgan fingerprint density at radius 3 is 2.89 bits per heavy atom. The molecule has 1 heterocycles. The molecule has 0 atom stereocenters. The van der Waals surface area contributed by atoms with Gasteiger partial charge in [-0.15, -0.1) is 12.3 Å². The Bertz CT molecular complexity index is 404. The second-order valence-electron chi connectivity index (χ2n) is 4.35. The van der Waals surface area contributed by atoms with Crippen molar-refractivity contribution >= 4 is 0 Å². The highest BCUT2D eigenvalue weighted by Gasteiger charge is 2.10. The minimum absolute atomic E-state index is 0.731. The third kappa shape index (κ3) is 4.17. The first kappa shape index (κ1) is 14.7. The van der Waals surface area contributed by atoms with Gasteiger partial charge in [-0.2, -0.15) is 5.10 Å². The molecule has 0 spiro atoms. The van der Waals surface area contributed by atoms with Gasteiger partial charge in [0.25, 0.3) is 0 Å². The van der Waals surface area contributed by atoms with Crippen molar-refractivity contribution in [2.24, 2.45) is 0 Å². The number of nitrogens with zero attached hydrogens (tertiary/aromatic N) is 2. The molecule has 0 aliphatic heterocycles. The number of methoxy groups -OCH3 is 1. The molecule has 0 aromatic carbocycles. The predicted molar refractivity (Wildman–Crippen MR) is 73.4 cm³/mol. The number of aromatic nitrogens is 2. The third-order valence-electron chi connectivity index (χ3n) is 3.01. The smallest absolute Gasteiger partial charge is 0.0641 e. The first-order valence-corrected chi connectivity index (χ1v) is 6.36. The average Bonchev–Trinajstić information content (AvgIpc) is 2.62. The van der Waals surface area contributed by atoms with E-state index in [9.17, 15) is 0 Å². The van der Waals surface area contributed by atoms with Gasteiger partial charge >= 0.3 is 0 Å². The van der Waals surface area contributed by atoms with Crippen molar-refractivity contribution in [3.63, 3.8) is 0 Å². The largest absolute Gasteiger partial charge is 0.383 e. The van der Waals surface area contributed by atoms with E-state index < -0.39 is 0 Å². The molecule has 0 aliphatic carbocycles. The van der Waals surface area contributed by atoms with Gasteiger partial charge in [0.1, 0.15) is 0 Å². The van der Waals surface area contributed by atoms with Crippen molar-refractivity contribution in [2.45, 2.75) is 39.8 Å². The fourth-order valence-corrected chi connectivity index (χ4v) is 1.93. The molecule has 4 nitrogen and oxygen atoms in total. The van der Waals surface area contributed by atoms with Crippen LogP contribution in [0.3, 0.4) is 0 Å². The molecule has 0 aliphatic rings. The zero-order chi connectivity index (χ0) is 13.4. The third-order valence-corrected chi connectivity index (χ3v) is 3.01. The fourth-order valence-electron chi connectivity index (χ4n) is 1.93. The summed E-state index contributed by atoms with van der Waals surface area (Å²) in [5.41, 5.74) is 3.61. The topological polar surface area (TPSA) is 39.1 Å². The Hall–Kier alpha value is -1.31. The summed E-state index contributed by atoms with van der Waals surface area (Å²) in [6, 6.07) is 0. The van der Waals surface area contributed by atoms with E-state index in [2.05, 4.69) is 34.9 Å². The molecular formula is C14H23N3O. The number of aryl methyl sites for hydroxylation is 2. The number of hydrogen-bond acceptors (Lipinski definition) is 3. The Balaban J connectivity index is 2.54. The van der Waals surface area contributed by atoms with Crippen LogP contribution < -0.4 is 5.32 Å². The zero-order valence-corrected chi connectivity index (χ0v) is 11.6. The number of rotatable bonds is 8. The number of hydrogen-bond donors (Lipinski definition) is 1. The number of ether oxygens (including phenoxy) is 1. The second kappa shape index (κ2) is 7.91. The van der Waals surface area contributed by atoms with E-state index in [1.807, 2.05) is 0 Å². The average molecular weight is 249 g/mol. The lowest BCUT2D eigenvalue weighted by atomic mass is 10.2. The van der Waals surface area contributed by atoms with Crippen LogP contribution in [-0.4, -0.2) is 30.0 Å². The highest BCUT2D eigenvalue weighted by Crippen LogP contribution is 2.13.